The summed E-state index contributed by atoms with van der Waals surface area (Å²) >= 11 is 0. The molecule has 2 aromatic heterocycles. The number of anilines is 1. The number of alkyl halides is 3. The number of halogens is 5. The monoisotopic (exact) mass is 920 g/mol. The third-order valence-corrected chi connectivity index (χ3v) is 13.6. The minimum atomic E-state index is -4.23. The van der Waals surface area contributed by atoms with E-state index in [2.05, 4.69) is 20.3 Å². The van der Waals surface area contributed by atoms with E-state index >= 15 is 17.6 Å². The van der Waals surface area contributed by atoms with Crippen LogP contribution in [-0.2, 0) is 29.3 Å². The van der Waals surface area contributed by atoms with Crippen molar-refractivity contribution in [2.45, 2.75) is 121 Å². The minimum absolute atomic E-state index is 0.00532. The third kappa shape index (κ3) is 9.88. The lowest BCUT2D eigenvalue weighted by Crippen LogP contribution is -2.63. The first-order chi connectivity index (χ1) is 29.9. The predicted molar refractivity (Wildman–Crippen MR) is 228 cm³/mol. The smallest absolute Gasteiger partial charge is 0.467 e. The Hall–Kier alpha value is -4.42. The molecule has 348 valence electrons. The number of fused-ring (bicyclic) bond motifs is 7. The number of aryl methyl sites for hydroxylation is 1. The zero-order valence-electron chi connectivity index (χ0n) is 37.0. The van der Waals surface area contributed by atoms with Gasteiger partial charge in [0.05, 0.1) is 40.8 Å². The van der Waals surface area contributed by atoms with Gasteiger partial charge in [0.15, 0.2) is 12.6 Å². The van der Waals surface area contributed by atoms with Crippen LogP contribution in [0, 0.1) is 11.6 Å². The van der Waals surface area contributed by atoms with Gasteiger partial charge in [-0.2, -0.15) is 9.97 Å². The maximum atomic E-state index is 17.6. The molecule has 0 saturated carbocycles. The summed E-state index contributed by atoms with van der Waals surface area (Å²) in [5.74, 6) is -5.06. The van der Waals surface area contributed by atoms with Gasteiger partial charge in [0.1, 0.15) is 41.4 Å². The average Bonchev–Trinajstić information content (AvgIpc) is 3.69. The highest BCUT2D eigenvalue weighted by Gasteiger charge is 2.51. The molecule has 5 aliphatic rings. The van der Waals surface area contributed by atoms with Crippen molar-refractivity contribution in [2.75, 3.05) is 51.1 Å². The summed E-state index contributed by atoms with van der Waals surface area (Å²) in [6, 6.07) is 5.36. The van der Waals surface area contributed by atoms with E-state index in [1.807, 2.05) is 4.90 Å². The summed E-state index contributed by atoms with van der Waals surface area (Å²) in [6.07, 6.45) is 0.296. The second kappa shape index (κ2) is 16.8. The van der Waals surface area contributed by atoms with Crippen molar-refractivity contribution >= 4 is 41.4 Å². The zero-order valence-corrected chi connectivity index (χ0v) is 37.9. The lowest BCUT2D eigenvalue weighted by atomic mass is 9.88. The van der Waals surface area contributed by atoms with Crippen molar-refractivity contribution in [1.82, 2.24) is 25.2 Å². The lowest BCUT2D eigenvalue weighted by molar-refractivity contribution is -0.0391. The minimum Gasteiger partial charge on any atom is -0.467 e. The Labute approximate surface area is 368 Å². The number of nitrogens with zero attached hydrogens (tertiary/aromatic N) is 5. The van der Waals surface area contributed by atoms with Crippen molar-refractivity contribution in [3.8, 4) is 23.0 Å². The van der Waals surface area contributed by atoms with Crippen molar-refractivity contribution in [3.05, 3.63) is 47.7 Å². The highest BCUT2D eigenvalue weighted by Crippen LogP contribution is 2.55. The number of hydrogen-bond acceptors (Lipinski definition) is 13. The van der Waals surface area contributed by atoms with Crippen LogP contribution in [0.2, 0.25) is 0 Å². The van der Waals surface area contributed by atoms with Crippen LogP contribution in [-0.4, -0.2) is 107 Å². The Morgan fingerprint density at radius 1 is 1.02 bits per heavy atom. The van der Waals surface area contributed by atoms with Crippen LogP contribution >= 0.6 is 7.82 Å². The molecule has 3 atom stereocenters. The molecule has 4 aromatic rings. The first-order valence-electron chi connectivity index (χ1n) is 21.4. The summed E-state index contributed by atoms with van der Waals surface area (Å²) in [6.45, 7) is 10.5. The Morgan fingerprint density at radius 3 is 2.50 bits per heavy atom. The fourth-order valence-corrected chi connectivity index (χ4v) is 11.1. The largest absolute Gasteiger partial charge is 0.478 e. The number of aromatic nitrogens is 3. The second-order valence-electron chi connectivity index (χ2n) is 19.5. The van der Waals surface area contributed by atoms with E-state index in [-0.39, 0.29) is 96.3 Å². The number of alkyl carbamates (subject to hydrolysis) is 1. The summed E-state index contributed by atoms with van der Waals surface area (Å²) in [4.78, 5) is 30.0. The highest BCUT2D eigenvalue weighted by atomic mass is 31.2. The van der Waals surface area contributed by atoms with E-state index in [0.717, 1.165) is 6.42 Å². The molecule has 0 radical (unpaired) electrons. The maximum Gasteiger partial charge on any atom is 0.478 e. The molecule has 1 N–H and O–H groups in total. The molecule has 9 rings (SSSR count). The first kappa shape index (κ1) is 46.1. The van der Waals surface area contributed by atoms with Gasteiger partial charge in [0, 0.05) is 37.7 Å². The fraction of sp³-hybridized carbons (Fsp3) is 0.591. The Kier molecular flexibility index (Phi) is 12.1. The van der Waals surface area contributed by atoms with Gasteiger partial charge in [-0.05, 0) is 115 Å². The molecule has 5 aliphatic heterocycles. The van der Waals surface area contributed by atoms with Crippen LogP contribution in [0.3, 0.4) is 0 Å². The molecular formula is C44H54F5N6O8P. The molecular weight excluding hydrogens is 866 g/mol. The molecule has 20 heteroatoms. The molecule has 7 heterocycles. The summed E-state index contributed by atoms with van der Waals surface area (Å²) in [7, 11) is -4.23. The van der Waals surface area contributed by atoms with Crippen LogP contribution < -0.4 is 19.7 Å². The van der Waals surface area contributed by atoms with Gasteiger partial charge >= 0.3 is 19.9 Å². The van der Waals surface area contributed by atoms with Crippen molar-refractivity contribution in [2.24, 2.45) is 0 Å². The number of benzene rings is 2. The number of ether oxygens (including phenoxy) is 3. The average molecular weight is 921 g/mol. The van der Waals surface area contributed by atoms with Crippen molar-refractivity contribution < 1.29 is 59.1 Å². The van der Waals surface area contributed by atoms with Crippen molar-refractivity contribution in [3.63, 3.8) is 0 Å². The number of pyridine rings is 1. The third-order valence-electron chi connectivity index (χ3n) is 11.6. The number of phosphoric ester groups is 1. The number of hydrogen-bond donors (Lipinski definition) is 1. The number of phosphoric acid groups is 1. The fourth-order valence-electron chi connectivity index (χ4n) is 9.44. The molecule has 3 fully saturated rings. The van der Waals surface area contributed by atoms with Crippen LogP contribution in [0.5, 0.6) is 11.8 Å². The quantitative estimate of drug-likeness (QED) is 0.0967. The van der Waals surface area contributed by atoms with Gasteiger partial charge in [-0.1, -0.05) is 6.07 Å². The van der Waals surface area contributed by atoms with Crippen LogP contribution in [0.4, 0.5) is 32.6 Å². The van der Waals surface area contributed by atoms with Crippen LogP contribution in [0.1, 0.15) is 86.1 Å². The topological polar surface area (TPSA) is 147 Å². The van der Waals surface area contributed by atoms with Gasteiger partial charge in [-0.3, -0.25) is 18.9 Å². The Balaban J connectivity index is 1.27. The van der Waals surface area contributed by atoms with E-state index in [1.165, 1.54) is 36.2 Å². The highest BCUT2D eigenvalue weighted by molar-refractivity contribution is 7.48. The summed E-state index contributed by atoms with van der Waals surface area (Å²) < 4.78 is 128. The molecule has 0 aliphatic carbocycles. The second-order valence-corrected chi connectivity index (χ2v) is 21.0. The summed E-state index contributed by atoms with van der Waals surface area (Å²) in [5.41, 5.74) is -4.50. The van der Waals surface area contributed by atoms with E-state index in [0.29, 0.717) is 18.4 Å². The summed E-state index contributed by atoms with van der Waals surface area (Å²) in [5, 5.41) is 3.20. The molecule has 1 unspecified atom stereocenters. The predicted octanol–water partition coefficient (Wildman–Crippen LogP) is 9.45. The zero-order chi connectivity index (χ0) is 46.0. The Morgan fingerprint density at radius 2 is 1.77 bits per heavy atom. The first-order valence-corrected chi connectivity index (χ1v) is 22.9. The molecule has 0 spiro atoms. The molecule has 2 aromatic carbocycles. The van der Waals surface area contributed by atoms with Gasteiger partial charge in [-0.15, -0.1) is 0 Å². The Bertz CT molecular complexity index is 2490. The lowest BCUT2D eigenvalue weighted by Gasteiger charge is -2.44. The van der Waals surface area contributed by atoms with Crippen LogP contribution in [0.15, 0.2) is 30.5 Å². The molecule has 14 nitrogen and oxygen atoms in total. The van der Waals surface area contributed by atoms with Gasteiger partial charge < -0.3 is 24.4 Å². The van der Waals surface area contributed by atoms with E-state index in [1.54, 1.807) is 47.6 Å². The number of carbonyl (C=O) groups is 1. The number of piperidine rings is 1. The van der Waals surface area contributed by atoms with E-state index < -0.39 is 79.7 Å². The van der Waals surface area contributed by atoms with E-state index in [9.17, 15) is 13.8 Å². The number of nitrogens with one attached hydrogen (secondary N) is 1. The van der Waals surface area contributed by atoms with Crippen LogP contribution in [0.25, 0.3) is 32.9 Å². The van der Waals surface area contributed by atoms with Crippen molar-refractivity contribution in [1.29, 1.82) is 0 Å². The van der Waals surface area contributed by atoms with Gasteiger partial charge in [0.25, 0.3) is 5.92 Å². The van der Waals surface area contributed by atoms with Gasteiger partial charge in [0.2, 0.25) is 0 Å². The molecule has 3 saturated heterocycles. The number of carbonyl (C=O) groups excluding carboxylic acids is 1. The van der Waals surface area contributed by atoms with Gasteiger partial charge in [-0.25, -0.2) is 35.8 Å². The number of rotatable bonds is 9. The normalized spacial score (nSPS) is 24.2. The molecule has 6 bridgehead atoms. The standard InChI is InChI=1S/C44H54F5N6O8P/c1-40(2,3)62-64(57,63-41(4,5)6)61-25-60-28-16-26-11-12-32(46)29-10-8-15-58-39(56)53-42(7)21-44(48,49)23-54(22-42)37-31-19-50-35(30(17-28)33(26)29)34(47)36(31)51-38(52-37)59-24-43-13-9-14-55(43)20-27(45)18-43/h11-12,16-17,19,27H,8-10,13-15,18,20-25H2,1-7H3,(H,53,56)/t27-,42?,43+/m1/s1. The number of amides is 1. The maximum absolute atomic E-state index is 17.6. The molecule has 64 heavy (non-hydrogen) atoms. The van der Waals surface area contributed by atoms with E-state index in [4.69, 9.17) is 27.8 Å². The molecule has 1 amide bonds. The SMILES string of the molecule is CC12CN(CC(F)(F)C1)c1nc(OC[C@@]34CCCN3C[C@H](F)C4)nc3c(F)c(ncc13)-c1cc(OCOP(=O)(OC(C)(C)C)OC(C)(C)C)cc3ccc(F)c(c13)CCCOC(=O)N2.